The standard InChI is InChI=1S/C23H31NO4/c1-6-27-21-13-12-19(15-22(21)26-5)10-8-14-24-23(25)18(4)28-20-11-7-9-16(2)17(20)3/h7,9,11-13,15,18H,6,8,10,14H2,1-5H3,(H,24,25)/t18-/m0/s1. The van der Waals surface area contributed by atoms with E-state index in [0.29, 0.717) is 13.2 Å². The molecule has 2 aromatic carbocycles. The van der Waals surface area contributed by atoms with Crippen LogP contribution in [0.5, 0.6) is 17.2 Å². The van der Waals surface area contributed by atoms with Gasteiger partial charge in [-0.3, -0.25) is 4.79 Å². The van der Waals surface area contributed by atoms with Gasteiger partial charge in [0.25, 0.3) is 5.91 Å². The highest BCUT2D eigenvalue weighted by atomic mass is 16.5. The number of ether oxygens (including phenoxy) is 3. The van der Waals surface area contributed by atoms with Gasteiger partial charge in [0, 0.05) is 6.54 Å². The van der Waals surface area contributed by atoms with Crippen molar-refractivity contribution in [3.05, 3.63) is 53.1 Å². The predicted octanol–water partition coefficient (Wildman–Crippen LogP) is 4.23. The van der Waals surface area contributed by atoms with E-state index in [1.165, 1.54) is 0 Å². The van der Waals surface area contributed by atoms with Crippen LogP contribution in [0.1, 0.15) is 37.0 Å². The normalized spacial score (nSPS) is 11.6. The van der Waals surface area contributed by atoms with Gasteiger partial charge < -0.3 is 19.5 Å². The summed E-state index contributed by atoms with van der Waals surface area (Å²) < 4.78 is 16.7. The van der Waals surface area contributed by atoms with E-state index < -0.39 is 6.10 Å². The second-order valence-electron chi connectivity index (χ2n) is 6.77. The summed E-state index contributed by atoms with van der Waals surface area (Å²) in [7, 11) is 1.64. The lowest BCUT2D eigenvalue weighted by atomic mass is 10.1. The minimum Gasteiger partial charge on any atom is -0.493 e. The molecule has 1 N–H and O–H groups in total. The first-order valence-electron chi connectivity index (χ1n) is 9.76. The lowest BCUT2D eigenvalue weighted by molar-refractivity contribution is -0.127. The highest BCUT2D eigenvalue weighted by molar-refractivity contribution is 5.80. The Morgan fingerprint density at radius 2 is 1.89 bits per heavy atom. The molecule has 0 heterocycles. The van der Waals surface area contributed by atoms with Crippen LogP contribution < -0.4 is 19.5 Å². The molecule has 0 fully saturated rings. The van der Waals surface area contributed by atoms with Crippen LogP contribution in [0.4, 0.5) is 0 Å². The molecule has 0 saturated carbocycles. The van der Waals surface area contributed by atoms with Gasteiger partial charge in [0.05, 0.1) is 13.7 Å². The minimum absolute atomic E-state index is 0.106. The summed E-state index contributed by atoms with van der Waals surface area (Å²) in [5, 5.41) is 2.95. The van der Waals surface area contributed by atoms with Crippen molar-refractivity contribution >= 4 is 5.91 Å². The fraction of sp³-hybridized carbons (Fsp3) is 0.435. The quantitative estimate of drug-likeness (QED) is 0.622. The Bertz CT molecular complexity index is 788. The van der Waals surface area contributed by atoms with E-state index >= 15 is 0 Å². The first kappa shape index (κ1) is 21.6. The Hall–Kier alpha value is -2.69. The van der Waals surface area contributed by atoms with Crippen molar-refractivity contribution in [2.75, 3.05) is 20.3 Å². The predicted molar refractivity (Wildman–Crippen MR) is 111 cm³/mol. The Balaban J connectivity index is 1.79. The molecule has 0 spiro atoms. The van der Waals surface area contributed by atoms with Crippen molar-refractivity contribution < 1.29 is 19.0 Å². The number of aryl methyl sites for hydroxylation is 2. The highest BCUT2D eigenvalue weighted by Gasteiger charge is 2.15. The van der Waals surface area contributed by atoms with Crippen LogP contribution >= 0.6 is 0 Å². The SMILES string of the molecule is CCOc1ccc(CCCNC(=O)[C@H](C)Oc2cccc(C)c2C)cc1OC. The summed E-state index contributed by atoms with van der Waals surface area (Å²) in [5.41, 5.74) is 3.36. The lowest BCUT2D eigenvalue weighted by Crippen LogP contribution is -2.37. The first-order chi connectivity index (χ1) is 13.5. The van der Waals surface area contributed by atoms with Gasteiger partial charge in [-0.2, -0.15) is 0 Å². The Morgan fingerprint density at radius 1 is 1.11 bits per heavy atom. The van der Waals surface area contributed by atoms with E-state index in [-0.39, 0.29) is 5.91 Å². The van der Waals surface area contributed by atoms with Crippen LogP contribution in [0, 0.1) is 13.8 Å². The number of amides is 1. The van der Waals surface area contributed by atoms with Gasteiger partial charge >= 0.3 is 0 Å². The number of hydrogen-bond acceptors (Lipinski definition) is 4. The van der Waals surface area contributed by atoms with Crippen LogP contribution in [-0.4, -0.2) is 32.3 Å². The molecule has 2 aromatic rings. The van der Waals surface area contributed by atoms with Crippen LogP contribution in [0.3, 0.4) is 0 Å². The van der Waals surface area contributed by atoms with Gasteiger partial charge in [0.2, 0.25) is 0 Å². The number of methoxy groups -OCH3 is 1. The zero-order chi connectivity index (χ0) is 20.5. The summed E-state index contributed by atoms with van der Waals surface area (Å²) in [6.45, 7) is 8.94. The zero-order valence-electron chi connectivity index (χ0n) is 17.5. The van der Waals surface area contributed by atoms with Gasteiger partial charge in [-0.05, 0) is 75.4 Å². The highest BCUT2D eigenvalue weighted by Crippen LogP contribution is 2.28. The second-order valence-corrected chi connectivity index (χ2v) is 6.77. The third-order valence-corrected chi connectivity index (χ3v) is 4.70. The van der Waals surface area contributed by atoms with E-state index in [4.69, 9.17) is 14.2 Å². The van der Waals surface area contributed by atoms with E-state index in [1.54, 1.807) is 14.0 Å². The topological polar surface area (TPSA) is 56.8 Å². The molecule has 2 rings (SSSR count). The van der Waals surface area contributed by atoms with Crippen molar-refractivity contribution in [1.29, 1.82) is 0 Å². The van der Waals surface area contributed by atoms with Gasteiger partial charge in [-0.25, -0.2) is 0 Å². The first-order valence-corrected chi connectivity index (χ1v) is 9.76. The molecule has 0 bridgehead atoms. The van der Waals surface area contributed by atoms with Crippen molar-refractivity contribution in [1.82, 2.24) is 5.32 Å². The maximum absolute atomic E-state index is 12.3. The average Bonchev–Trinajstić information content (AvgIpc) is 2.69. The number of carbonyl (C=O) groups is 1. The molecule has 1 atom stereocenters. The van der Waals surface area contributed by atoms with Crippen LogP contribution in [0.2, 0.25) is 0 Å². The number of benzene rings is 2. The Morgan fingerprint density at radius 3 is 2.61 bits per heavy atom. The zero-order valence-corrected chi connectivity index (χ0v) is 17.5. The molecule has 0 aromatic heterocycles. The molecule has 1 amide bonds. The monoisotopic (exact) mass is 385 g/mol. The van der Waals surface area contributed by atoms with Gasteiger partial charge in [0.1, 0.15) is 5.75 Å². The third kappa shape index (κ3) is 5.91. The summed E-state index contributed by atoms with van der Waals surface area (Å²) in [6.07, 6.45) is 1.14. The van der Waals surface area contributed by atoms with Crippen LogP contribution in [-0.2, 0) is 11.2 Å². The van der Waals surface area contributed by atoms with E-state index in [0.717, 1.165) is 46.8 Å². The molecule has 5 heteroatoms. The van der Waals surface area contributed by atoms with Crippen molar-refractivity contribution in [2.45, 2.75) is 46.6 Å². The fourth-order valence-electron chi connectivity index (χ4n) is 2.89. The van der Waals surface area contributed by atoms with Crippen LogP contribution in [0.25, 0.3) is 0 Å². The van der Waals surface area contributed by atoms with Gasteiger partial charge in [0.15, 0.2) is 17.6 Å². The largest absolute Gasteiger partial charge is 0.493 e. The van der Waals surface area contributed by atoms with Crippen molar-refractivity contribution in [2.24, 2.45) is 0 Å². The average molecular weight is 386 g/mol. The lowest BCUT2D eigenvalue weighted by Gasteiger charge is -2.17. The molecule has 0 aliphatic heterocycles. The van der Waals surface area contributed by atoms with Crippen molar-refractivity contribution in [3.63, 3.8) is 0 Å². The number of nitrogens with one attached hydrogen (secondary N) is 1. The molecule has 0 aliphatic rings. The smallest absolute Gasteiger partial charge is 0.260 e. The molecular weight excluding hydrogens is 354 g/mol. The van der Waals surface area contributed by atoms with Crippen LogP contribution in [0.15, 0.2) is 36.4 Å². The number of rotatable bonds is 10. The number of carbonyl (C=O) groups excluding carboxylic acids is 1. The minimum atomic E-state index is -0.536. The molecule has 0 unspecified atom stereocenters. The fourth-order valence-corrected chi connectivity index (χ4v) is 2.89. The summed E-state index contributed by atoms with van der Waals surface area (Å²) >= 11 is 0. The van der Waals surface area contributed by atoms with Crippen molar-refractivity contribution in [3.8, 4) is 17.2 Å². The molecular formula is C23H31NO4. The van der Waals surface area contributed by atoms with Gasteiger partial charge in [-0.1, -0.05) is 18.2 Å². The molecule has 0 aliphatic carbocycles. The van der Waals surface area contributed by atoms with E-state index in [1.807, 2.05) is 57.2 Å². The third-order valence-electron chi connectivity index (χ3n) is 4.70. The Kier molecular flexibility index (Phi) is 8.18. The summed E-state index contributed by atoms with van der Waals surface area (Å²) in [4.78, 5) is 12.3. The Labute approximate surface area is 168 Å². The number of hydrogen-bond donors (Lipinski definition) is 1. The van der Waals surface area contributed by atoms with E-state index in [9.17, 15) is 4.79 Å². The second kappa shape index (κ2) is 10.6. The molecule has 0 saturated heterocycles. The summed E-state index contributed by atoms with van der Waals surface area (Å²) in [5.74, 6) is 2.13. The molecule has 28 heavy (non-hydrogen) atoms. The van der Waals surface area contributed by atoms with Gasteiger partial charge in [-0.15, -0.1) is 0 Å². The molecule has 5 nitrogen and oxygen atoms in total. The molecule has 0 radical (unpaired) electrons. The van der Waals surface area contributed by atoms with E-state index in [2.05, 4.69) is 5.32 Å². The molecule has 152 valence electrons. The maximum atomic E-state index is 12.3. The summed E-state index contributed by atoms with van der Waals surface area (Å²) in [6, 6.07) is 11.8. The maximum Gasteiger partial charge on any atom is 0.260 e.